The Kier molecular flexibility index (Phi) is 4.45. The van der Waals surface area contributed by atoms with Crippen molar-refractivity contribution in [1.82, 2.24) is 9.78 Å². The lowest BCUT2D eigenvalue weighted by Crippen LogP contribution is -2.34. The van der Waals surface area contributed by atoms with Gasteiger partial charge in [-0.3, -0.25) is 4.79 Å². The van der Waals surface area contributed by atoms with Gasteiger partial charge in [-0.2, -0.15) is 5.10 Å². The first-order chi connectivity index (χ1) is 10.6. The van der Waals surface area contributed by atoms with E-state index in [1.54, 1.807) is 16.9 Å². The monoisotopic (exact) mass is 318 g/mol. The fraction of sp³-hybridized carbons (Fsp3) is 0.375. The number of benzene rings is 1. The van der Waals surface area contributed by atoms with Gasteiger partial charge < -0.3 is 11.1 Å². The predicted octanol–water partition coefficient (Wildman–Crippen LogP) is 2.98. The van der Waals surface area contributed by atoms with E-state index in [0.717, 1.165) is 31.4 Å². The van der Waals surface area contributed by atoms with Crippen molar-refractivity contribution in [3.8, 4) is 5.69 Å². The molecule has 0 aliphatic heterocycles. The minimum absolute atomic E-state index is 0.00619. The summed E-state index contributed by atoms with van der Waals surface area (Å²) in [5, 5.41) is 7.63. The summed E-state index contributed by atoms with van der Waals surface area (Å²) in [6.07, 6.45) is 7.19. The molecule has 0 bridgehead atoms. The van der Waals surface area contributed by atoms with E-state index >= 15 is 0 Å². The lowest BCUT2D eigenvalue weighted by Gasteiger charge is -2.25. The number of nitrogens with two attached hydrogens (primary N) is 1. The molecule has 3 N–H and O–H groups in total. The highest BCUT2D eigenvalue weighted by Crippen LogP contribution is 2.27. The van der Waals surface area contributed by atoms with Crippen LogP contribution in [0.2, 0.25) is 5.02 Å². The van der Waals surface area contributed by atoms with Crippen molar-refractivity contribution in [3.05, 3.63) is 41.7 Å². The van der Waals surface area contributed by atoms with Crippen LogP contribution in [0.5, 0.6) is 0 Å². The van der Waals surface area contributed by atoms with Gasteiger partial charge in [-0.05, 0) is 43.5 Å². The lowest BCUT2D eigenvalue weighted by molar-refractivity contribution is -0.120. The van der Waals surface area contributed by atoms with Crippen molar-refractivity contribution in [3.63, 3.8) is 0 Å². The van der Waals surface area contributed by atoms with E-state index in [1.165, 1.54) is 0 Å². The summed E-state index contributed by atoms with van der Waals surface area (Å²) in [6.45, 7) is 0. The predicted molar refractivity (Wildman–Crippen MR) is 87.1 cm³/mol. The summed E-state index contributed by atoms with van der Waals surface area (Å²) in [4.78, 5) is 12.3. The summed E-state index contributed by atoms with van der Waals surface area (Å²) in [5.41, 5.74) is 7.42. The number of carbonyl (C=O) groups is 1. The molecule has 5 nitrogen and oxygen atoms in total. The smallest absolute Gasteiger partial charge is 0.227 e. The Morgan fingerprint density at radius 2 is 2.27 bits per heavy atom. The fourth-order valence-corrected chi connectivity index (χ4v) is 3.16. The molecule has 6 heteroatoms. The molecule has 116 valence electrons. The van der Waals surface area contributed by atoms with Crippen LogP contribution in [0, 0.1) is 5.92 Å². The zero-order chi connectivity index (χ0) is 15.5. The van der Waals surface area contributed by atoms with Gasteiger partial charge in [0.1, 0.15) is 0 Å². The van der Waals surface area contributed by atoms with E-state index in [1.807, 2.05) is 24.4 Å². The van der Waals surface area contributed by atoms with Crippen molar-refractivity contribution in [2.75, 3.05) is 5.32 Å². The number of rotatable bonds is 3. The first-order valence-corrected chi connectivity index (χ1v) is 7.87. The Morgan fingerprint density at radius 3 is 2.95 bits per heavy atom. The van der Waals surface area contributed by atoms with Gasteiger partial charge in [0.05, 0.1) is 10.7 Å². The number of halogens is 1. The molecule has 2 unspecified atom stereocenters. The molecule has 2 atom stereocenters. The molecule has 1 saturated carbocycles. The molecule has 3 rings (SSSR count). The Hall–Kier alpha value is -1.85. The molecule has 1 aromatic carbocycles. The molecule has 1 aliphatic carbocycles. The summed E-state index contributed by atoms with van der Waals surface area (Å²) < 4.78 is 1.69. The molecule has 22 heavy (non-hydrogen) atoms. The lowest BCUT2D eigenvalue weighted by atomic mass is 9.85. The molecule has 0 saturated heterocycles. The average Bonchev–Trinajstić information content (AvgIpc) is 3.01. The molecule has 1 amide bonds. The molecule has 1 aromatic heterocycles. The molecule has 1 aliphatic rings. The number of carbonyl (C=O) groups excluding carboxylic acids is 1. The topological polar surface area (TPSA) is 72.9 Å². The normalized spacial score (nSPS) is 21.5. The maximum atomic E-state index is 12.3. The fourth-order valence-electron chi connectivity index (χ4n) is 2.89. The molecule has 1 fully saturated rings. The second-order valence-electron chi connectivity index (χ2n) is 5.73. The van der Waals surface area contributed by atoms with Gasteiger partial charge in [0.2, 0.25) is 5.91 Å². The Bertz CT molecular complexity index is 656. The van der Waals surface area contributed by atoms with Crippen LogP contribution >= 0.6 is 11.6 Å². The average molecular weight is 319 g/mol. The van der Waals surface area contributed by atoms with Crippen LogP contribution in [0.4, 0.5) is 5.69 Å². The second-order valence-corrected chi connectivity index (χ2v) is 6.14. The maximum absolute atomic E-state index is 12.3. The van der Waals surface area contributed by atoms with Crippen LogP contribution in [0.1, 0.15) is 25.7 Å². The highest BCUT2D eigenvalue weighted by Gasteiger charge is 2.25. The third-order valence-corrected chi connectivity index (χ3v) is 4.35. The van der Waals surface area contributed by atoms with Gasteiger partial charge in [-0.25, -0.2) is 4.68 Å². The number of hydrogen-bond acceptors (Lipinski definition) is 3. The van der Waals surface area contributed by atoms with E-state index < -0.39 is 0 Å². The van der Waals surface area contributed by atoms with Gasteiger partial charge in [0, 0.05) is 30.0 Å². The van der Waals surface area contributed by atoms with Gasteiger partial charge in [-0.1, -0.05) is 18.0 Å². The summed E-state index contributed by atoms with van der Waals surface area (Å²) in [6, 6.07) is 7.40. The van der Waals surface area contributed by atoms with E-state index in [9.17, 15) is 4.79 Å². The molecule has 1 heterocycles. The van der Waals surface area contributed by atoms with E-state index in [-0.39, 0.29) is 17.9 Å². The number of hydrogen-bond donors (Lipinski definition) is 2. The van der Waals surface area contributed by atoms with E-state index in [4.69, 9.17) is 17.3 Å². The number of anilines is 1. The van der Waals surface area contributed by atoms with Crippen molar-refractivity contribution >= 4 is 23.2 Å². The second kappa shape index (κ2) is 6.50. The first kappa shape index (κ1) is 15.1. The highest BCUT2D eigenvalue weighted by molar-refractivity contribution is 6.32. The van der Waals surface area contributed by atoms with E-state index in [2.05, 4.69) is 10.4 Å². The molecule has 0 radical (unpaired) electrons. The van der Waals surface area contributed by atoms with E-state index in [0.29, 0.717) is 10.7 Å². The number of aromatic nitrogens is 2. The van der Waals surface area contributed by atoms with Crippen molar-refractivity contribution in [2.24, 2.45) is 11.7 Å². The summed E-state index contributed by atoms with van der Waals surface area (Å²) >= 11 is 6.28. The minimum atomic E-state index is -0.00619. The maximum Gasteiger partial charge on any atom is 0.227 e. The van der Waals surface area contributed by atoms with Gasteiger partial charge in [-0.15, -0.1) is 0 Å². The summed E-state index contributed by atoms with van der Waals surface area (Å²) in [7, 11) is 0. The van der Waals surface area contributed by atoms with Crippen LogP contribution in [-0.2, 0) is 4.79 Å². The standard InChI is InChI=1S/C16H19ClN4O/c17-14-10-13(5-6-15(14)21-8-2-7-19-21)20-16(22)11-3-1-4-12(18)9-11/h2,5-8,10-12H,1,3-4,9,18H2,(H,20,22). The van der Waals surface area contributed by atoms with Crippen LogP contribution in [0.3, 0.4) is 0 Å². The quantitative estimate of drug-likeness (QED) is 0.913. The van der Waals surface area contributed by atoms with Crippen molar-refractivity contribution in [1.29, 1.82) is 0 Å². The van der Waals surface area contributed by atoms with Crippen molar-refractivity contribution in [2.45, 2.75) is 31.7 Å². The van der Waals surface area contributed by atoms with Crippen LogP contribution < -0.4 is 11.1 Å². The third kappa shape index (κ3) is 3.31. The Labute approximate surface area is 134 Å². The van der Waals surface area contributed by atoms with Crippen LogP contribution in [0.25, 0.3) is 5.69 Å². The number of nitrogens with one attached hydrogen (secondary N) is 1. The SMILES string of the molecule is NC1CCCC(C(=O)Nc2ccc(-n3cccn3)c(Cl)c2)C1. The zero-order valence-electron chi connectivity index (χ0n) is 12.2. The minimum Gasteiger partial charge on any atom is -0.328 e. The first-order valence-electron chi connectivity index (χ1n) is 7.49. The molecular formula is C16H19ClN4O. The van der Waals surface area contributed by atoms with Gasteiger partial charge >= 0.3 is 0 Å². The summed E-state index contributed by atoms with van der Waals surface area (Å²) in [5.74, 6) is 0.0198. The number of nitrogens with zero attached hydrogens (tertiary/aromatic N) is 2. The Morgan fingerprint density at radius 1 is 1.41 bits per heavy atom. The number of amides is 1. The largest absolute Gasteiger partial charge is 0.328 e. The third-order valence-electron chi connectivity index (χ3n) is 4.05. The zero-order valence-corrected chi connectivity index (χ0v) is 13.0. The van der Waals surface area contributed by atoms with Crippen LogP contribution in [0.15, 0.2) is 36.7 Å². The highest BCUT2D eigenvalue weighted by atomic mass is 35.5. The molecule has 2 aromatic rings. The Balaban J connectivity index is 1.70. The molecular weight excluding hydrogens is 300 g/mol. The van der Waals surface area contributed by atoms with Gasteiger partial charge in [0.25, 0.3) is 0 Å². The van der Waals surface area contributed by atoms with Crippen LogP contribution in [-0.4, -0.2) is 21.7 Å². The molecule has 0 spiro atoms. The van der Waals surface area contributed by atoms with Gasteiger partial charge in [0.15, 0.2) is 0 Å². The van der Waals surface area contributed by atoms with Crippen molar-refractivity contribution < 1.29 is 4.79 Å².